The molecule has 5 heterocycles. The molecule has 1 aromatic carbocycles. The lowest BCUT2D eigenvalue weighted by Crippen LogP contribution is -2.54. The lowest BCUT2D eigenvalue weighted by Gasteiger charge is -2.42. The second-order valence-electron chi connectivity index (χ2n) is 8.51. The lowest BCUT2D eigenvalue weighted by molar-refractivity contribution is -0.0386. The van der Waals surface area contributed by atoms with Crippen LogP contribution in [0.4, 0.5) is 11.5 Å². The maximum absolute atomic E-state index is 6.24. The molecule has 2 aliphatic heterocycles. The SMILES string of the molecule is Nc1cccc2cnc(-n3ccc4cc(N5CC(OC6CCNCC6)C5)ncc43)cc12. The van der Waals surface area contributed by atoms with E-state index in [0.717, 1.165) is 78.0 Å². The van der Waals surface area contributed by atoms with Crippen molar-refractivity contribution in [3.05, 3.63) is 55.0 Å². The molecule has 2 fully saturated rings. The molecule has 3 aromatic heterocycles. The van der Waals surface area contributed by atoms with Gasteiger partial charge in [-0.05, 0) is 50.2 Å². The molecule has 0 spiro atoms. The van der Waals surface area contributed by atoms with Gasteiger partial charge in [0.2, 0.25) is 0 Å². The molecule has 7 nitrogen and oxygen atoms in total. The number of piperidine rings is 1. The minimum Gasteiger partial charge on any atom is -0.398 e. The summed E-state index contributed by atoms with van der Waals surface area (Å²) >= 11 is 0. The molecule has 7 heteroatoms. The maximum atomic E-state index is 6.24. The minimum atomic E-state index is 0.317. The molecule has 0 amide bonds. The number of fused-ring (bicyclic) bond motifs is 2. The first kappa shape index (κ1) is 18.6. The van der Waals surface area contributed by atoms with E-state index in [1.807, 2.05) is 42.9 Å². The Morgan fingerprint density at radius 2 is 1.77 bits per heavy atom. The van der Waals surface area contributed by atoms with Crippen LogP contribution in [-0.4, -0.2) is 52.9 Å². The van der Waals surface area contributed by atoms with Gasteiger partial charge in [0.05, 0.1) is 23.9 Å². The molecule has 2 aliphatic rings. The van der Waals surface area contributed by atoms with Gasteiger partial charge < -0.3 is 20.7 Å². The van der Waals surface area contributed by atoms with E-state index < -0.39 is 0 Å². The summed E-state index contributed by atoms with van der Waals surface area (Å²) in [7, 11) is 0. The van der Waals surface area contributed by atoms with Crippen LogP contribution >= 0.6 is 0 Å². The van der Waals surface area contributed by atoms with Gasteiger partial charge in [-0.3, -0.25) is 4.57 Å². The summed E-state index contributed by atoms with van der Waals surface area (Å²) in [5.41, 5.74) is 7.96. The van der Waals surface area contributed by atoms with Crippen molar-refractivity contribution in [3.63, 3.8) is 0 Å². The predicted octanol–water partition coefficient (Wildman–Crippen LogP) is 3.11. The highest BCUT2D eigenvalue weighted by molar-refractivity contribution is 5.93. The number of benzene rings is 1. The van der Waals surface area contributed by atoms with Gasteiger partial charge in [-0.15, -0.1) is 0 Å². The Balaban J connectivity index is 1.21. The van der Waals surface area contributed by atoms with Crippen LogP contribution in [0, 0.1) is 0 Å². The van der Waals surface area contributed by atoms with Gasteiger partial charge in [-0.2, -0.15) is 0 Å². The Bertz CT molecular complexity index is 1240. The summed E-state index contributed by atoms with van der Waals surface area (Å²) in [6, 6.07) is 12.2. The van der Waals surface area contributed by atoms with Crippen molar-refractivity contribution >= 4 is 33.2 Å². The van der Waals surface area contributed by atoms with Gasteiger partial charge in [-0.1, -0.05) is 12.1 Å². The molecular weight excluding hydrogens is 388 g/mol. The van der Waals surface area contributed by atoms with Crippen molar-refractivity contribution in [2.45, 2.75) is 25.0 Å². The van der Waals surface area contributed by atoms with Crippen molar-refractivity contribution in [3.8, 4) is 5.82 Å². The van der Waals surface area contributed by atoms with Gasteiger partial charge in [0.25, 0.3) is 0 Å². The number of hydrogen-bond donors (Lipinski definition) is 2. The highest BCUT2D eigenvalue weighted by atomic mass is 16.5. The molecule has 158 valence electrons. The molecule has 6 rings (SSSR count). The highest BCUT2D eigenvalue weighted by Crippen LogP contribution is 2.28. The van der Waals surface area contributed by atoms with Crippen molar-refractivity contribution < 1.29 is 4.74 Å². The Hall–Kier alpha value is -3.16. The number of pyridine rings is 2. The molecule has 0 atom stereocenters. The van der Waals surface area contributed by atoms with E-state index in [-0.39, 0.29) is 0 Å². The van der Waals surface area contributed by atoms with Gasteiger partial charge in [0.15, 0.2) is 0 Å². The van der Waals surface area contributed by atoms with E-state index in [1.165, 1.54) is 0 Å². The number of nitrogen functional groups attached to an aromatic ring is 1. The zero-order valence-corrected chi connectivity index (χ0v) is 17.4. The normalized spacial score (nSPS) is 18.0. The van der Waals surface area contributed by atoms with E-state index >= 15 is 0 Å². The van der Waals surface area contributed by atoms with Crippen LogP contribution in [0.15, 0.2) is 55.0 Å². The van der Waals surface area contributed by atoms with Crippen LogP contribution in [0.2, 0.25) is 0 Å². The third-order valence-corrected chi connectivity index (χ3v) is 6.44. The van der Waals surface area contributed by atoms with Crippen LogP contribution in [0.1, 0.15) is 12.8 Å². The topological polar surface area (TPSA) is 81.2 Å². The molecule has 2 saturated heterocycles. The Kier molecular flexibility index (Phi) is 4.51. The number of hydrogen-bond acceptors (Lipinski definition) is 6. The molecule has 0 bridgehead atoms. The van der Waals surface area contributed by atoms with E-state index in [1.54, 1.807) is 0 Å². The molecular formula is C24H26N6O. The van der Waals surface area contributed by atoms with Crippen molar-refractivity contribution in [2.75, 3.05) is 36.8 Å². The molecule has 0 saturated carbocycles. The number of aromatic nitrogens is 3. The Morgan fingerprint density at radius 1 is 0.935 bits per heavy atom. The fourth-order valence-corrected chi connectivity index (χ4v) is 4.62. The van der Waals surface area contributed by atoms with Gasteiger partial charge in [0.1, 0.15) is 11.6 Å². The van der Waals surface area contributed by atoms with Crippen LogP contribution in [0.25, 0.3) is 27.5 Å². The average molecular weight is 415 g/mol. The molecule has 0 unspecified atom stereocenters. The monoisotopic (exact) mass is 414 g/mol. The van der Waals surface area contributed by atoms with Gasteiger partial charge in [0, 0.05) is 47.3 Å². The minimum absolute atomic E-state index is 0.317. The van der Waals surface area contributed by atoms with Crippen molar-refractivity contribution in [1.82, 2.24) is 19.9 Å². The number of rotatable bonds is 4. The third kappa shape index (κ3) is 3.40. The summed E-state index contributed by atoms with van der Waals surface area (Å²) in [6.07, 6.45) is 8.80. The number of ether oxygens (including phenoxy) is 1. The Labute approximate surface area is 180 Å². The quantitative estimate of drug-likeness (QED) is 0.500. The van der Waals surface area contributed by atoms with Gasteiger partial charge in [-0.25, -0.2) is 9.97 Å². The van der Waals surface area contributed by atoms with Crippen LogP contribution < -0.4 is 16.0 Å². The summed E-state index contributed by atoms with van der Waals surface area (Å²) in [4.78, 5) is 11.7. The van der Waals surface area contributed by atoms with E-state index in [0.29, 0.717) is 12.2 Å². The number of nitrogens with zero attached hydrogens (tertiary/aromatic N) is 4. The van der Waals surface area contributed by atoms with Crippen molar-refractivity contribution in [2.24, 2.45) is 0 Å². The fraction of sp³-hybridized carbons (Fsp3) is 0.333. The predicted molar refractivity (Wildman–Crippen MR) is 124 cm³/mol. The highest BCUT2D eigenvalue weighted by Gasteiger charge is 2.31. The van der Waals surface area contributed by atoms with Gasteiger partial charge >= 0.3 is 0 Å². The second kappa shape index (κ2) is 7.51. The van der Waals surface area contributed by atoms with Crippen LogP contribution in [0.5, 0.6) is 0 Å². The maximum Gasteiger partial charge on any atom is 0.137 e. The lowest BCUT2D eigenvalue weighted by atomic mass is 10.1. The summed E-state index contributed by atoms with van der Waals surface area (Å²) in [5.74, 6) is 1.85. The largest absolute Gasteiger partial charge is 0.398 e. The third-order valence-electron chi connectivity index (χ3n) is 6.44. The van der Waals surface area contributed by atoms with Crippen molar-refractivity contribution in [1.29, 1.82) is 0 Å². The average Bonchev–Trinajstić information content (AvgIpc) is 3.20. The summed E-state index contributed by atoms with van der Waals surface area (Å²) in [6.45, 7) is 3.95. The van der Waals surface area contributed by atoms with E-state index in [4.69, 9.17) is 15.5 Å². The zero-order chi connectivity index (χ0) is 20.8. The molecule has 31 heavy (non-hydrogen) atoms. The van der Waals surface area contributed by atoms with Crippen LogP contribution in [-0.2, 0) is 4.74 Å². The molecule has 0 radical (unpaired) electrons. The number of nitrogens with one attached hydrogen (secondary N) is 1. The summed E-state index contributed by atoms with van der Waals surface area (Å²) in [5, 5.41) is 6.59. The number of nitrogens with two attached hydrogens (primary N) is 1. The number of anilines is 2. The van der Waals surface area contributed by atoms with Crippen LogP contribution in [0.3, 0.4) is 0 Å². The molecule has 4 aromatic rings. The first-order chi connectivity index (χ1) is 15.2. The molecule has 0 aliphatic carbocycles. The smallest absolute Gasteiger partial charge is 0.137 e. The standard InChI is InChI=1S/C24H26N6O/c25-21-3-1-2-17-12-27-24(11-20(17)21)30-9-6-16-10-23(28-13-22(16)30)29-14-19(15-29)31-18-4-7-26-8-5-18/h1-3,6,9-13,18-19,26H,4-5,7-8,14-15,25H2. The zero-order valence-electron chi connectivity index (χ0n) is 17.4. The Morgan fingerprint density at radius 3 is 2.65 bits per heavy atom. The van der Waals surface area contributed by atoms with E-state index in [9.17, 15) is 0 Å². The first-order valence-electron chi connectivity index (χ1n) is 11.0. The summed E-state index contributed by atoms with van der Waals surface area (Å²) < 4.78 is 8.31. The van der Waals surface area contributed by atoms with E-state index in [2.05, 4.69) is 31.9 Å². The first-order valence-corrected chi connectivity index (χ1v) is 11.0. The molecule has 3 N–H and O–H groups in total. The fourth-order valence-electron chi connectivity index (χ4n) is 4.62. The second-order valence-corrected chi connectivity index (χ2v) is 8.51.